The van der Waals surface area contributed by atoms with Gasteiger partial charge in [0.2, 0.25) is 12.3 Å². The zero-order valence-electron chi connectivity index (χ0n) is 12.8. The first kappa shape index (κ1) is 19.9. The van der Waals surface area contributed by atoms with E-state index in [4.69, 9.17) is 9.47 Å². The standard InChI is InChI=1S/C14H26NO6/c1-4-7-20-8-9-21-10-13(17)15(3)12(14(18)19)6-5-11(2)16/h12,14,18-19H,3-10H2,1-2H3/q+1. The Labute approximate surface area is 125 Å². The molecule has 21 heavy (non-hydrogen) atoms. The van der Waals surface area contributed by atoms with Crippen LogP contribution in [-0.2, 0) is 19.1 Å². The summed E-state index contributed by atoms with van der Waals surface area (Å²) in [4.78, 5) is 22.7. The maximum Gasteiger partial charge on any atom is 0.412 e. The third-order valence-corrected chi connectivity index (χ3v) is 2.80. The Balaban J connectivity index is 4.13. The SMILES string of the molecule is C=[N+](C(=O)COCCOCCC)C(CCC(C)=O)C(O)O. The average Bonchev–Trinajstić information content (AvgIpc) is 2.41. The summed E-state index contributed by atoms with van der Waals surface area (Å²) < 4.78 is 11.3. The van der Waals surface area contributed by atoms with Crippen molar-refractivity contribution in [1.82, 2.24) is 0 Å². The maximum atomic E-state index is 11.8. The summed E-state index contributed by atoms with van der Waals surface area (Å²) in [6.45, 7) is 7.99. The number of hydrogen-bond acceptors (Lipinski definition) is 6. The minimum atomic E-state index is -1.75. The van der Waals surface area contributed by atoms with E-state index >= 15 is 0 Å². The van der Waals surface area contributed by atoms with E-state index in [1.807, 2.05) is 6.92 Å². The predicted octanol–water partition coefficient (Wildman–Crippen LogP) is -0.282. The van der Waals surface area contributed by atoms with Gasteiger partial charge in [0, 0.05) is 19.4 Å². The first-order valence-electron chi connectivity index (χ1n) is 7.03. The van der Waals surface area contributed by atoms with Gasteiger partial charge < -0.3 is 24.5 Å². The first-order chi connectivity index (χ1) is 9.90. The van der Waals surface area contributed by atoms with Crippen LogP contribution in [0.1, 0.15) is 33.1 Å². The molecule has 0 aliphatic heterocycles. The molecule has 1 amide bonds. The zero-order valence-corrected chi connectivity index (χ0v) is 12.8. The van der Waals surface area contributed by atoms with Crippen LogP contribution in [0.2, 0.25) is 0 Å². The molecule has 0 heterocycles. The molecule has 0 saturated carbocycles. The molecule has 0 aromatic rings. The number of aliphatic hydroxyl groups excluding tert-OH is 1. The number of carbonyl (C=O) groups excluding carboxylic acids is 2. The molecule has 0 rings (SSSR count). The highest BCUT2D eigenvalue weighted by molar-refractivity contribution is 5.75. The Hall–Kier alpha value is -1.15. The molecule has 0 bridgehead atoms. The summed E-state index contributed by atoms with van der Waals surface area (Å²) in [5.41, 5.74) is 0. The van der Waals surface area contributed by atoms with Crippen LogP contribution in [0.25, 0.3) is 0 Å². The monoisotopic (exact) mass is 304 g/mol. The molecule has 122 valence electrons. The highest BCUT2D eigenvalue weighted by Gasteiger charge is 2.31. The molecule has 1 unspecified atom stereocenters. The van der Waals surface area contributed by atoms with E-state index in [1.165, 1.54) is 6.92 Å². The molecule has 2 N–H and O–H groups in total. The number of amides is 1. The van der Waals surface area contributed by atoms with Crippen molar-refractivity contribution < 1.29 is 33.9 Å². The van der Waals surface area contributed by atoms with Crippen molar-refractivity contribution in [1.29, 1.82) is 0 Å². The Morgan fingerprint density at radius 3 is 2.33 bits per heavy atom. The quantitative estimate of drug-likeness (QED) is 0.223. The van der Waals surface area contributed by atoms with Crippen molar-refractivity contribution in [2.24, 2.45) is 0 Å². The molecule has 1 atom stereocenters. The molecule has 0 spiro atoms. The largest absolute Gasteiger partial charge is 0.412 e. The number of nitrogens with zero attached hydrogens (tertiary/aromatic N) is 1. The van der Waals surface area contributed by atoms with Crippen LogP contribution in [0.3, 0.4) is 0 Å². The van der Waals surface area contributed by atoms with E-state index in [2.05, 4.69) is 6.72 Å². The number of hydrogen-bond donors (Lipinski definition) is 2. The number of Topliss-reactive ketones (excluding diaryl/α,β-unsaturated/α-hetero) is 1. The van der Waals surface area contributed by atoms with Crippen LogP contribution in [-0.4, -0.2) is 72.0 Å². The second kappa shape index (κ2) is 11.5. The van der Waals surface area contributed by atoms with E-state index in [0.29, 0.717) is 13.2 Å². The van der Waals surface area contributed by atoms with Crippen LogP contribution in [0.15, 0.2) is 0 Å². The molecule has 0 saturated heterocycles. The lowest BCUT2D eigenvalue weighted by atomic mass is 10.1. The second-order valence-electron chi connectivity index (χ2n) is 4.75. The normalized spacial score (nSPS) is 12.4. The highest BCUT2D eigenvalue weighted by atomic mass is 16.5. The molecular weight excluding hydrogens is 278 g/mol. The van der Waals surface area contributed by atoms with Crippen molar-refractivity contribution in [2.75, 3.05) is 26.4 Å². The summed E-state index contributed by atoms with van der Waals surface area (Å²) in [5.74, 6) is -0.571. The fourth-order valence-electron chi connectivity index (χ4n) is 1.61. The fourth-order valence-corrected chi connectivity index (χ4v) is 1.61. The van der Waals surface area contributed by atoms with Crippen LogP contribution >= 0.6 is 0 Å². The van der Waals surface area contributed by atoms with E-state index in [1.54, 1.807) is 0 Å². The highest BCUT2D eigenvalue weighted by Crippen LogP contribution is 2.06. The lowest BCUT2D eigenvalue weighted by Crippen LogP contribution is -2.41. The van der Waals surface area contributed by atoms with Crippen LogP contribution in [0.4, 0.5) is 0 Å². The molecule has 0 aromatic carbocycles. The summed E-state index contributed by atoms with van der Waals surface area (Å²) in [7, 11) is 0. The van der Waals surface area contributed by atoms with E-state index < -0.39 is 18.2 Å². The molecular formula is C14H26NO6+. The van der Waals surface area contributed by atoms with Crippen LogP contribution < -0.4 is 0 Å². The number of carbonyl (C=O) groups is 2. The summed E-state index contributed by atoms with van der Waals surface area (Å²) in [6.07, 6.45) is -0.550. The number of aliphatic hydroxyl groups is 2. The summed E-state index contributed by atoms with van der Waals surface area (Å²) in [6, 6.07) is -0.929. The van der Waals surface area contributed by atoms with Crippen molar-refractivity contribution in [2.45, 2.75) is 45.4 Å². The van der Waals surface area contributed by atoms with Gasteiger partial charge in [-0.25, -0.2) is 4.79 Å². The number of rotatable bonds is 12. The van der Waals surface area contributed by atoms with Gasteiger partial charge in [-0.15, -0.1) is 0 Å². The molecule has 0 aliphatic carbocycles. The Morgan fingerprint density at radius 1 is 1.19 bits per heavy atom. The van der Waals surface area contributed by atoms with Gasteiger partial charge in [0.25, 0.3) is 0 Å². The summed E-state index contributed by atoms with van der Waals surface area (Å²) >= 11 is 0. The zero-order chi connectivity index (χ0) is 16.3. The van der Waals surface area contributed by atoms with Gasteiger partial charge in [0.1, 0.15) is 12.5 Å². The Bertz CT molecular complexity index is 342. The maximum absolute atomic E-state index is 11.8. The van der Waals surface area contributed by atoms with Gasteiger partial charge in [-0.05, 0) is 13.3 Å². The van der Waals surface area contributed by atoms with Crippen LogP contribution in [0, 0.1) is 0 Å². The van der Waals surface area contributed by atoms with E-state index in [-0.39, 0.29) is 31.8 Å². The first-order valence-corrected chi connectivity index (χ1v) is 7.03. The van der Waals surface area contributed by atoms with Gasteiger partial charge in [-0.2, -0.15) is 4.58 Å². The van der Waals surface area contributed by atoms with Gasteiger partial charge in [-0.1, -0.05) is 6.92 Å². The van der Waals surface area contributed by atoms with E-state index in [0.717, 1.165) is 11.0 Å². The predicted molar refractivity (Wildman–Crippen MR) is 76.2 cm³/mol. The molecule has 7 nitrogen and oxygen atoms in total. The molecule has 0 aliphatic rings. The van der Waals surface area contributed by atoms with Crippen LogP contribution in [0.5, 0.6) is 0 Å². The van der Waals surface area contributed by atoms with Gasteiger partial charge in [0.15, 0.2) is 6.61 Å². The minimum Gasteiger partial charge on any atom is -0.379 e. The number of ether oxygens (including phenoxy) is 2. The fraction of sp³-hybridized carbons (Fsp3) is 0.786. The molecule has 0 fully saturated rings. The van der Waals surface area contributed by atoms with Gasteiger partial charge in [-0.3, -0.25) is 0 Å². The minimum absolute atomic E-state index is 0.0918. The van der Waals surface area contributed by atoms with Crippen molar-refractivity contribution in [3.8, 4) is 0 Å². The Morgan fingerprint density at radius 2 is 1.81 bits per heavy atom. The lowest BCUT2D eigenvalue weighted by Gasteiger charge is -2.14. The summed E-state index contributed by atoms with van der Waals surface area (Å²) in [5, 5.41) is 18.5. The van der Waals surface area contributed by atoms with Gasteiger partial charge >= 0.3 is 5.91 Å². The lowest BCUT2D eigenvalue weighted by molar-refractivity contribution is -0.509. The van der Waals surface area contributed by atoms with Crippen molar-refractivity contribution in [3.63, 3.8) is 0 Å². The van der Waals surface area contributed by atoms with Crippen molar-refractivity contribution in [3.05, 3.63) is 0 Å². The molecule has 0 aromatic heterocycles. The average molecular weight is 304 g/mol. The second-order valence-corrected chi connectivity index (χ2v) is 4.75. The third kappa shape index (κ3) is 9.41. The molecule has 7 heteroatoms. The third-order valence-electron chi connectivity index (χ3n) is 2.80. The smallest absolute Gasteiger partial charge is 0.379 e. The number of ketones is 1. The van der Waals surface area contributed by atoms with Gasteiger partial charge in [0.05, 0.1) is 13.2 Å². The molecule has 0 radical (unpaired) electrons. The van der Waals surface area contributed by atoms with Crippen molar-refractivity contribution >= 4 is 18.4 Å². The topological polar surface area (TPSA) is 96.1 Å². The Kier molecular flexibility index (Phi) is 10.9. The van der Waals surface area contributed by atoms with E-state index in [9.17, 15) is 19.8 Å².